The molecule has 2 saturated carbocycles. The predicted molar refractivity (Wildman–Crippen MR) is 184 cm³/mol. The van der Waals surface area contributed by atoms with Gasteiger partial charge >= 0.3 is 6.03 Å². The maximum absolute atomic E-state index is 14.2. The molecule has 4 atom stereocenters. The number of nitrogens with zero attached hydrogens (tertiary/aromatic N) is 5. The number of hydrogen-bond donors (Lipinski definition) is 2. The highest BCUT2D eigenvalue weighted by Crippen LogP contribution is 2.46. The third-order valence-electron chi connectivity index (χ3n) is 10.1. The fourth-order valence-corrected chi connectivity index (χ4v) is 8.24. The lowest BCUT2D eigenvalue weighted by Crippen LogP contribution is -2.57. The van der Waals surface area contributed by atoms with Crippen LogP contribution >= 0.6 is 0 Å². The molecule has 1 aromatic carbocycles. The van der Waals surface area contributed by atoms with Crippen molar-refractivity contribution in [2.24, 2.45) is 5.92 Å². The number of fused-ring (bicyclic) bond motifs is 3. The number of nitrogens with one attached hydrogen (secondary N) is 2. The van der Waals surface area contributed by atoms with Gasteiger partial charge in [0.2, 0.25) is 21.8 Å². The van der Waals surface area contributed by atoms with Crippen LogP contribution in [-0.2, 0) is 19.6 Å². The summed E-state index contributed by atoms with van der Waals surface area (Å²) in [5.74, 6) is -0.307. The number of carbonyl (C=O) groups excluding carboxylic acids is 3. The van der Waals surface area contributed by atoms with Crippen LogP contribution in [0.1, 0.15) is 50.5 Å². The average Bonchev–Trinajstić information content (AvgIpc) is 4.03. The maximum Gasteiger partial charge on any atom is 0.320 e. The smallest absolute Gasteiger partial charge is 0.320 e. The fraction of sp³-hybridized carbons (Fsp3) is 0.486. The lowest BCUT2D eigenvalue weighted by Gasteiger charge is -2.30. The van der Waals surface area contributed by atoms with Crippen LogP contribution in [0.15, 0.2) is 48.8 Å². The first-order valence-electron chi connectivity index (χ1n) is 17.0. The highest BCUT2D eigenvalue weighted by Gasteiger charge is 2.62. The van der Waals surface area contributed by atoms with Crippen molar-refractivity contribution in [2.75, 3.05) is 27.2 Å². The van der Waals surface area contributed by atoms with Crippen LogP contribution in [0, 0.1) is 12.8 Å². The molecule has 4 aliphatic rings. The van der Waals surface area contributed by atoms with E-state index in [2.05, 4.69) is 15.0 Å². The zero-order chi connectivity index (χ0) is 35.2. The van der Waals surface area contributed by atoms with Crippen molar-refractivity contribution in [1.82, 2.24) is 34.8 Å². The third-order valence-corrected chi connectivity index (χ3v) is 11.9. The molecule has 1 unspecified atom stereocenters. The van der Waals surface area contributed by atoms with Crippen molar-refractivity contribution in [3.63, 3.8) is 0 Å². The van der Waals surface area contributed by atoms with Crippen LogP contribution in [-0.4, -0.2) is 101 Å². The lowest BCUT2D eigenvalue weighted by molar-refractivity contribution is -0.131. The second kappa shape index (κ2) is 13.2. The van der Waals surface area contributed by atoms with E-state index >= 15 is 0 Å². The highest BCUT2D eigenvalue weighted by atomic mass is 32.2. The van der Waals surface area contributed by atoms with E-state index in [9.17, 15) is 22.8 Å². The van der Waals surface area contributed by atoms with E-state index in [1.807, 2.05) is 31.2 Å². The number of methoxy groups -OCH3 is 1. The number of sulfonamides is 1. The number of amides is 4. The minimum atomic E-state index is -3.84. The van der Waals surface area contributed by atoms with Gasteiger partial charge in [0.05, 0.1) is 29.8 Å². The Kier molecular flexibility index (Phi) is 8.87. The number of allylic oxidation sites excluding steroid dienone is 1. The number of ether oxygens (including phenoxy) is 2. The van der Waals surface area contributed by atoms with E-state index in [0.717, 1.165) is 30.4 Å². The molecule has 2 aromatic heterocycles. The Morgan fingerprint density at radius 2 is 1.88 bits per heavy atom. The molecule has 4 amide bonds. The van der Waals surface area contributed by atoms with Crippen LogP contribution in [0.5, 0.6) is 11.6 Å². The number of aromatic nitrogens is 3. The molecule has 3 aromatic rings. The van der Waals surface area contributed by atoms with E-state index < -0.39 is 44.8 Å². The second-order valence-corrected chi connectivity index (χ2v) is 15.6. The van der Waals surface area contributed by atoms with Gasteiger partial charge in [-0.25, -0.2) is 18.2 Å². The fourth-order valence-electron chi connectivity index (χ4n) is 6.88. The molecule has 50 heavy (non-hydrogen) atoms. The Morgan fingerprint density at radius 1 is 1.10 bits per heavy atom. The van der Waals surface area contributed by atoms with Crippen molar-refractivity contribution in [2.45, 2.75) is 74.8 Å². The van der Waals surface area contributed by atoms with Crippen LogP contribution in [0.4, 0.5) is 4.79 Å². The highest BCUT2D eigenvalue weighted by molar-refractivity contribution is 7.91. The van der Waals surface area contributed by atoms with Gasteiger partial charge in [0.25, 0.3) is 5.91 Å². The number of pyridine rings is 1. The number of rotatable bonds is 7. The Labute approximate surface area is 290 Å². The van der Waals surface area contributed by atoms with Crippen molar-refractivity contribution in [1.29, 1.82) is 0 Å². The molecule has 2 N–H and O–H groups in total. The molecule has 0 radical (unpaired) electrons. The molecule has 14 nitrogen and oxygen atoms in total. The average molecular weight is 704 g/mol. The molecular formula is C35H41N7O7S. The van der Waals surface area contributed by atoms with Crippen LogP contribution in [0.25, 0.3) is 22.3 Å². The summed E-state index contributed by atoms with van der Waals surface area (Å²) in [7, 11) is -0.546. The minimum absolute atomic E-state index is 0.0884. The standard InChI is InChI=1S/C35H41N7O7S/c1-21-28(48-3)12-11-26-29(21)37-30(22-13-15-36-16-14-22)38-32(26)49-24-18-27-31(43)39-35(33(44)40-50(46,47)25-9-10-25)19-23(35)8-6-4-5-7-17-41(2)34(45)42(27)20-24/h6,8,11-16,23-25,27H,4-5,7,9-10,17-20H2,1-3H3,(H,39,43)(H,40,44)/b8-6-/t23?,24-,27+,35-/m1/s1. The number of carbonyl (C=O) groups is 3. The van der Waals surface area contributed by atoms with E-state index in [0.29, 0.717) is 47.7 Å². The Hall–Kier alpha value is -4.79. The number of aryl methyl sites for hydroxylation is 1. The monoisotopic (exact) mass is 703 g/mol. The zero-order valence-corrected chi connectivity index (χ0v) is 29.1. The molecule has 0 spiro atoms. The van der Waals surface area contributed by atoms with Gasteiger partial charge < -0.3 is 24.6 Å². The summed E-state index contributed by atoms with van der Waals surface area (Å²) in [5, 5.41) is 2.94. The zero-order valence-electron chi connectivity index (χ0n) is 28.3. The first-order chi connectivity index (χ1) is 24.0. The van der Waals surface area contributed by atoms with E-state index in [1.165, 1.54) is 4.90 Å². The van der Waals surface area contributed by atoms with Gasteiger partial charge in [0.15, 0.2) is 5.82 Å². The first-order valence-corrected chi connectivity index (χ1v) is 18.5. The van der Waals surface area contributed by atoms with Crippen molar-refractivity contribution in [3.8, 4) is 23.0 Å². The predicted octanol–water partition coefficient (Wildman–Crippen LogP) is 3.11. The maximum atomic E-state index is 14.2. The SMILES string of the molecule is COc1ccc2c(O[C@@H]3C[C@H]4C(=O)N[C@]5(C(=O)NS(=O)(=O)C6CC6)CC5/C=C\CCCCN(C)C(=O)N4C3)nc(-c3ccncc3)nc2c1C. The molecule has 2 aliphatic carbocycles. The van der Waals surface area contributed by atoms with Gasteiger partial charge in [0, 0.05) is 49.5 Å². The normalized spacial score (nSPS) is 26.3. The molecule has 1 saturated heterocycles. The van der Waals surface area contributed by atoms with Gasteiger partial charge in [-0.2, -0.15) is 4.98 Å². The first kappa shape index (κ1) is 33.7. The lowest BCUT2D eigenvalue weighted by atomic mass is 10.1. The van der Waals surface area contributed by atoms with Crippen molar-refractivity contribution < 1.29 is 32.3 Å². The number of hydrogen-bond acceptors (Lipinski definition) is 10. The molecule has 3 fully saturated rings. The summed E-state index contributed by atoms with van der Waals surface area (Å²) in [6.07, 6.45) is 10.2. The summed E-state index contributed by atoms with van der Waals surface area (Å²) >= 11 is 0. The quantitative estimate of drug-likeness (QED) is 0.348. The van der Waals surface area contributed by atoms with Gasteiger partial charge in [-0.3, -0.25) is 19.3 Å². The minimum Gasteiger partial charge on any atom is -0.496 e. The van der Waals surface area contributed by atoms with Crippen LogP contribution < -0.4 is 19.5 Å². The van der Waals surface area contributed by atoms with Crippen molar-refractivity contribution in [3.05, 3.63) is 54.4 Å². The molecule has 7 rings (SSSR count). The number of urea groups is 1. The second-order valence-electron chi connectivity index (χ2n) is 13.6. The molecule has 264 valence electrons. The molecule has 0 bridgehead atoms. The Bertz CT molecular complexity index is 1970. The molecular weight excluding hydrogens is 662 g/mol. The van der Waals surface area contributed by atoms with Gasteiger partial charge in [-0.05, 0) is 69.7 Å². The summed E-state index contributed by atoms with van der Waals surface area (Å²) in [4.78, 5) is 58.4. The van der Waals surface area contributed by atoms with Gasteiger partial charge in [-0.15, -0.1) is 0 Å². The largest absolute Gasteiger partial charge is 0.496 e. The third kappa shape index (κ3) is 6.45. The molecule has 2 aliphatic heterocycles. The number of benzene rings is 1. The summed E-state index contributed by atoms with van der Waals surface area (Å²) in [5.41, 5.74) is 0.729. The summed E-state index contributed by atoms with van der Waals surface area (Å²) in [6.45, 7) is 2.50. The molecule has 4 heterocycles. The van der Waals surface area contributed by atoms with Gasteiger partial charge in [0.1, 0.15) is 23.4 Å². The Morgan fingerprint density at radius 3 is 2.62 bits per heavy atom. The molecule has 15 heteroatoms. The van der Waals surface area contributed by atoms with Crippen molar-refractivity contribution >= 4 is 38.8 Å². The van der Waals surface area contributed by atoms with Crippen LogP contribution in [0.2, 0.25) is 0 Å². The topological polar surface area (TPSA) is 173 Å². The summed E-state index contributed by atoms with van der Waals surface area (Å²) in [6, 6.07) is 5.91. The Balaban J connectivity index is 1.21. The van der Waals surface area contributed by atoms with Gasteiger partial charge in [-0.1, -0.05) is 12.2 Å². The van der Waals surface area contributed by atoms with E-state index in [1.54, 1.807) is 43.6 Å². The van der Waals surface area contributed by atoms with E-state index in [-0.39, 0.29) is 31.3 Å². The van der Waals surface area contributed by atoms with E-state index in [4.69, 9.17) is 19.4 Å². The van der Waals surface area contributed by atoms with Crippen LogP contribution in [0.3, 0.4) is 0 Å². The summed E-state index contributed by atoms with van der Waals surface area (Å²) < 4.78 is 39.8.